The van der Waals surface area contributed by atoms with Crippen LogP contribution in [0.1, 0.15) is 51.3 Å². The molecule has 1 atom stereocenters. The molecule has 1 saturated carbocycles. The van der Waals surface area contributed by atoms with Crippen LogP contribution in [0.3, 0.4) is 0 Å². The normalized spacial score (nSPS) is 25.1. The monoisotopic (exact) mass is 322 g/mol. The van der Waals surface area contributed by atoms with E-state index in [2.05, 4.69) is 10.3 Å². The SMILES string of the molecule is CC(C)n1cc([C@@]2(O)CCCN(C(=O)COCC3CC3)C2)nn1. The molecule has 0 unspecified atom stereocenters. The summed E-state index contributed by atoms with van der Waals surface area (Å²) in [7, 11) is 0. The average Bonchev–Trinajstić information content (AvgIpc) is 3.19. The van der Waals surface area contributed by atoms with E-state index in [0.717, 1.165) is 6.42 Å². The van der Waals surface area contributed by atoms with Crippen molar-refractivity contribution in [2.75, 3.05) is 26.3 Å². The van der Waals surface area contributed by atoms with Crippen LogP contribution in [0.15, 0.2) is 6.20 Å². The van der Waals surface area contributed by atoms with E-state index in [1.165, 1.54) is 12.8 Å². The Kier molecular flexibility index (Phi) is 4.68. The number of carbonyl (C=O) groups excluding carboxylic acids is 1. The lowest BCUT2D eigenvalue weighted by Gasteiger charge is -2.37. The van der Waals surface area contributed by atoms with E-state index in [1.54, 1.807) is 15.8 Å². The van der Waals surface area contributed by atoms with E-state index in [4.69, 9.17) is 4.74 Å². The molecule has 1 saturated heterocycles. The number of hydrogen-bond donors (Lipinski definition) is 1. The fraction of sp³-hybridized carbons (Fsp3) is 0.812. The Hall–Kier alpha value is -1.47. The lowest BCUT2D eigenvalue weighted by molar-refractivity contribution is -0.144. The first-order valence-corrected chi connectivity index (χ1v) is 8.48. The quantitative estimate of drug-likeness (QED) is 0.848. The van der Waals surface area contributed by atoms with Crippen molar-refractivity contribution in [3.05, 3.63) is 11.9 Å². The van der Waals surface area contributed by atoms with Gasteiger partial charge in [-0.25, -0.2) is 4.68 Å². The Labute approximate surface area is 136 Å². The van der Waals surface area contributed by atoms with Gasteiger partial charge in [0.25, 0.3) is 0 Å². The molecular weight excluding hydrogens is 296 g/mol. The highest BCUT2D eigenvalue weighted by atomic mass is 16.5. The average molecular weight is 322 g/mol. The molecule has 2 aliphatic rings. The summed E-state index contributed by atoms with van der Waals surface area (Å²) in [6.45, 7) is 5.71. The number of carbonyl (C=O) groups is 1. The molecule has 1 aliphatic heterocycles. The summed E-state index contributed by atoms with van der Waals surface area (Å²) >= 11 is 0. The molecule has 1 aromatic heterocycles. The van der Waals surface area contributed by atoms with Crippen molar-refractivity contribution in [2.45, 2.75) is 51.2 Å². The lowest BCUT2D eigenvalue weighted by Crippen LogP contribution is -2.49. The second-order valence-electron chi connectivity index (χ2n) is 7.09. The standard InChI is InChI=1S/C16H26N4O3/c1-12(2)20-8-14(17-18-20)16(22)6-3-7-19(11-16)15(21)10-23-9-13-4-5-13/h8,12-13,22H,3-7,9-11H2,1-2H3/t16-/m1/s1. The molecule has 1 aromatic rings. The van der Waals surface area contributed by atoms with Gasteiger partial charge in [-0.2, -0.15) is 0 Å². The van der Waals surface area contributed by atoms with Crippen molar-refractivity contribution in [1.29, 1.82) is 0 Å². The lowest BCUT2D eigenvalue weighted by atomic mass is 9.90. The number of likely N-dealkylation sites (tertiary alicyclic amines) is 1. The molecule has 0 aromatic carbocycles. The first-order valence-electron chi connectivity index (χ1n) is 8.48. The number of ether oxygens (including phenoxy) is 1. The van der Waals surface area contributed by atoms with Gasteiger partial charge in [-0.15, -0.1) is 5.10 Å². The number of piperidine rings is 1. The fourth-order valence-corrected chi connectivity index (χ4v) is 2.89. The van der Waals surface area contributed by atoms with Gasteiger partial charge in [0, 0.05) is 12.6 Å². The summed E-state index contributed by atoms with van der Waals surface area (Å²) in [5.41, 5.74) is -0.569. The molecule has 0 radical (unpaired) electrons. The Morgan fingerprint density at radius 1 is 1.52 bits per heavy atom. The molecule has 0 spiro atoms. The number of amides is 1. The highest BCUT2D eigenvalue weighted by molar-refractivity contribution is 5.77. The van der Waals surface area contributed by atoms with Gasteiger partial charge in [-0.1, -0.05) is 5.21 Å². The summed E-state index contributed by atoms with van der Waals surface area (Å²) in [5, 5.41) is 19.1. The number of β-amino-alcohol motifs (C(OH)–C–C–N with tert-alkyl or cyclic N) is 1. The Bertz CT molecular complexity index is 555. The second kappa shape index (κ2) is 6.57. The molecule has 128 valence electrons. The number of aromatic nitrogens is 3. The molecule has 23 heavy (non-hydrogen) atoms. The minimum absolute atomic E-state index is 0.0555. The minimum Gasteiger partial charge on any atom is -0.382 e. The predicted octanol–water partition coefficient (Wildman–Crippen LogP) is 1.10. The van der Waals surface area contributed by atoms with Crippen LogP contribution in [0.4, 0.5) is 0 Å². The molecule has 7 heteroatoms. The molecule has 0 bridgehead atoms. The van der Waals surface area contributed by atoms with Crippen molar-refractivity contribution >= 4 is 5.91 Å². The van der Waals surface area contributed by atoms with Crippen LogP contribution in [0.5, 0.6) is 0 Å². The summed E-state index contributed by atoms with van der Waals surface area (Å²) in [4.78, 5) is 14.0. The van der Waals surface area contributed by atoms with Gasteiger partial charge in [0.15, 0.2) is 0 Å². The van der Waals surface area contributed by atoms with Gasteiger partial charge in [0.05, 0.1) is 19.3 Å². The molecular formula is C16H26N4O3. The predicted molar refractivity (Wildman–Crippen MR) is 83.7 cm³/mol. The third-order valence-electron chi connectivity index (χ3n) is 4.62. The van der Waals surface area contributed by atoms with Gasteiger partial charge in [-0.3, -0.25) is 4.79 Å². The maximum Gasteiger partial charge on any atom is 0.248 e. The molecule has 1 N–H and O–H groups in total. The summed E-state index contributed by atoms with van der Waals surface area (Å²) < 4.78 is 7.21. The van der Waals surface area contributed by atoms with Crippen LogP contribution in [0.25, 0.3) is 0 Å². The topological polar surface area (TPSA) is 80.5 Å². The van der Waals surface area contributed by atoms with Gasteiger partial charge >= 0.3 is 0 Å². The van der Waals surface area contributed by atoms with E-state index in [-0.39, 0.29) is 25.1 Å². The fourth-order valence-electron chi connectivity index (χ4n) is 2.89. The number of hydrogen-bond acceptors (Lipinski definition) is 5. The largest absolute Gasteiger partial charge is 0.382 e. The molecule has 2 fully saturated rings. The van der Waals surface area contributed by atoms with Gasteiger partial charge in [0.1, 0.15) is 17.9 Å². The first kappa shape index (κ1) is 16.4. The molecule has 1 amide bonds. The van der Waals surface area contributed by atoms with E-state index in [1.807, 2.05) is 13.8 Å². The summed E-state index contributed by atoms with van der Waals surface area (Å²) in [6.07, 6.45) is 5.55. The van der Waals surface area contributed by atoms with Crippen molar-refractivity contribution in [3.8, 4) is 0 Å². The molecule has 2 heterocycles. The van der Waals surface area contributed by atoms with Crippen LogP contribution in [-0.4, -0.2) is 57.2 Å². The summed E-state index contributed by atoms with van der Waals surface area (Å²) in [6, 6.07) is 0.192. The Balaban J connectivity index is 1.59. The zero-order chi connectivity index (χ0) is 16.4. The van der Waals surface area contributed by atoms with E-state index in [0.29, 0.717) is 31.2 Å². The van der Waals surface area contributed by atoms with Gasteiger partial charge < -0.3 is 14.7 Å². The number of nitrogens with zero attached hydrogens (tertiary/aromatic N) is 4. The smallest absolute Gasteiger partial charge is 0.248 e. The van der Waals surface area contributed by atoms with Crippen LogP contribution in [0.2, 0.25) is 0 Å². The zero-order valence-corrected chi connectivity index (χ0v) is 13.9. The van der Waals surface area contributed by atoms with E-state index >= 15 is 0 Å². The summed E-state index contributed by atoms with van der Waals surface area (Å²) in [5.74, 6) is 0.590. The minimum atomic E-state index is -1.11. The maximum atomic E-state index is 12.3. The van der Waals surface area contributed by atoms with E-state index < -0.39 is 5.60 Å². The highest BCUT2D eigenvalue weighted by Gasteiger charge is 2.39. The molecule has 7 nitrogen and oxygen atoms in total. The maximum absolute atomic E-state index is 12.3. The van der Waals surface area contributed by atoms with Crippen LogP contribution in [0, 0.1) is 5.92 Å². The van der Waals surface area contributed by atoms with E-state index in [9.17, 15) is 9.90 Å². The molecule has 3 rings (SSSR count). The van der Waals surface area contributed by atoms with Crippen molar-refractivity contribution in [2.24, 2.45) is 5.92 Å². The first-order chi connectivity index (χ1) is 11.0. The van der Waals surface area contributed by atoms with Gasteiger partial charge in [-0.05, 0) is 45.4 Å². The highest BCUT2D eigenvalue weighted by Crippen LogP contribution is 2.31. The van der Waals surface area contributed by atoms with Crippen molar-refractivity contribution in [3.63, 3.8) is 0 Å². The Morgan fingerprint density at radius 2 is 2.30 bits per heavy atom. The number of aliphatic hydroxyl groups is 1. The third-order valence-corrected chi connectivity index (χ3v) is 4.62. The zero-order valence-electron chi connectivity index (χ0n) is 13.9. The van der Waals surface area contributed by atoms with Crippen LogP contribution >= 0.6 is 0 Å². The van der Waals surface area contributed by atoms with Crippen LogP contribution < -0.4 is 0 Å². The number of rotatable bonds is 6. The van der Waals surface area contributed by atoms with Gasteiger partial charge in [0.2, 0.25) is 5.91 Å². The van der Waals surface area contributed by atoms with Crippen molar-refractivity contribution in [1.82, 2.24) is 19.9 Å². The van der Waals surface area contributed by atoms with Crippen LogP contribution in [-0.2, 0) is 15.1 Å². The third kappa shape index (κ3) is 3.90. The Morgan fingerprint density at radius 3 is 2.96 bits per heavy atom. The van der Waals surface area contributed by atoms with Crippen molar-refractivity contribution < 1.29 is 14.6 Å². The molecule has 1 aliphatic carbocycles. The second-order valence-corrected chi connectivity index (χ2v) is 7.09.